The minimum atomic E-state index is -0.526. The topological polar surface area (TPSA) is 85.9 Å². The number of phenolic OH excluding ortho intramolecular Hbond substituents is 1. The van der Waals surface area contributed by atoms with Crippen molar-refractivity contribution in [1.82, 2.24) is 21.1 Å². The molecule has 1 aromatic carbocycles. The third-order valence-electron chi connectivity index (χ3n) is 3.31. The molecule has 1 aliphatic heterocycles. The third kappa shape index (κ3) is 5.83. The molecule has 1 saturated heterocycles. The second kappa shape index (κ2) is 8.88. The molecule has 0 radical (unpaired) electrons. The molecular formula is C14H19ClN4O3S. The SMILES string of the molecule is O=C(NNC(=S)NCCN1CCOCC1)c1cc(Cl)ccc1O. The van der Waals surface area contributed by atoms with Gasteiger partial charge in [-0.3, -0.25) is 20.5 Å². The molecule has 0 unspecified atom stereocenters. The van der Waals surface area contributed by atoms with Gasteiger partial charge < -0.3 is 15.2 Å². The van der Waals surface area contributed by atoms with E-state index < -0.39 is 5.91 Å². The highest BCUT2D eigenvalue weighted by Gasteiger charge is 2.12. The first kappa shape index (κ1) is 17.7. The quantitative estimate of drug-likeness (QED) is 0.460. The summed E-state index contributed by atoms with van der Waals surface area (Å²) in [5, 5.41) is 13.3. The van der Waals surface area contributed by atoms with Crippen LogP contribution in [0.25, 0.3) is 0 Å². The lowest BCUT2D eigenvalue weighted by atomic mass is 10.2. The zero-order valence-electron chi connectivity index (χ0n) is 12.5. The normalized spacial score (nSPS) is 15.0. The fraction of sp³-hybridized carbons (Fsp3) is 0.429. The minimum absolute atomic E-state index is 0.0705. The van der Waals surface area contributed by atoms with Crippen molar-refractivity contribution >= 4 is 34.8 Å². The van der Waals surface area contributed by atoms with Crippen molar-refractivity contribution in [2.45, 2.75) is 0 Å². The number of ether oxygens (including phenoxy) is 1. The van der Waals surface area contributed by atoms with Crippen LogP contribution in [0.2, 0.25) is 5.02 Å². The van der Waals surface area contributed by atoms with Crippen LogP contribution in [-0.2, 0) is 4.74 Å². The average molecular weight is 359 g/mol. The van der Waals surface area contributed by atoms with Crippen molar-refractivity contribution in [2.75, 3.05) is 39.4 Å². The smallest absolute Gasteiger partial charge is 0.273 e. The second-order valence-corrected chi connectivity index (χ2v) is 5.80. The number of aromatic hydroxyl groups is 1. The predicted molar refractivity (Wildman–Crippen MR) is 91.6 cm³/mol. The molecule has 126 valence electrons. The molecule has 0 aromatic heterocycles. The Labute approximate surface area is 144 Å². The molecule has 2 rings (SSSR count). The number of thiocarbonyl (C=S) groups is 1. The molecular weight excluding hydrogens is 340 g/mol. The number of morpholine rings is 1. The van der Waals surface area contributed by atoms with Crippen molar-refractivity contribution in [3.8, 4) is 5.75 Å². The fourth-order valence-electron chi connectivity index (χ4n) is 2.07. The molecule has 7 nitrogen and oxygen atoms in total. The summed E-state index contributed by atoms with van der Waals surface area (Å²) in [6.45, 7) is 4.82. The highest BCUT2D eigenvalue weighted by atomic mass is 35.5. The maximum atomic E-state index is 11.9. The zero-order chi connectivity index (χ0) is 16.7. The van der Waals surface area contributed by atoms with Gasteiger partial charge in [-0.15, -0.1) is 0 Å². The molecule has 4 N–H and O–H groups in total. The molecule has 0 bridgehead atoms. The summed E-state index contributed by atoms with van der Waals surface area (Å²) in [5.74, 6) is -0.678. The van der Waals surface area contributed by atoms with E-state index in [9.17, 15) is 9.90 Å². The second-order valence-electron chi connectivity index (χ2n) is 4.95. The van der Waals surface area contributed by atoms with Crippen LogP contribution in [0, 0.1) is 0 Å². The molecule has 1 aliphatic rings. The zero-order valence-corrected chi connectivity index (χ0v) is 14.0. The van der Waals surface area contributed by atoms with Gasteiger partial charge in [0.1, 0.15) is 5.75 Å². The van der Waals surface area contributed by atoms with Gasteiger partial charge in [0, 0.05) is 31.2 Å². The number of hydrogen-bond acceptors (Lipinski definition) is 5. The van der Waals surface area contributed by atoms with Crippen molar-refractivity contribution in [1.29, 1.82) is 0 Å². The number of rotatable bonds is 4. The summed E-state index contributed by atoms with van der Waals surface area (Å²) in [4.78, 5) is 14.2. The summed E-state index contributed by atoms with van der Waals surface area (Å²) in [6, 6.07) is 4.23. The van der Waals surface area contributed by atoms with Crippen LogP contribution in [0.15, 0.2) is 18.2 Å². The summed E-state index contributed by atoms with van der Waals surface area (Å²) in [6.07, 6.45) is 0. The van der Waals surface area contributed by atoms with Gasteiger partial charge in [-0.1, -0.05) is 11.6 Å². The number of phenols is 1. The highest BCUT2D eigenvalue weighted by Crippen LogP contribution is 2.20. The first-order valence-corrected chi connectivity index (χ1v) is 7.97. The largest absolute Gasteiger partial charge is 0.507 e. The van der Waals surface area contributed by atoms with Gasteiger partial charge in [0.2, 0.25) is 0 Å². The van der Waals surface area contributed by atoms with E-state index in [1.165, 1.54) is 18.2 Å². The van der Waals surface area contributed by atoms with Gasteiger partial charge in [-0.25, -0.2) is 0 Å². The Hall–Kier alpha value is -1.61. The third-order valence-corrected chi connectivity index (χ3v) is 3.79. The van der Waals surface area contributed by atoms with Gasteiger partial charge >= 0.3 is 0 Å². The highest BCUT2D eigenvalue weighted by molar-refractivity contribution is 7.80. The Morgan fingerprint density at radius 2 is 2.09 bits per heavy atom. The van der Waals surface area contributed by atoms with E-state index in [0.29, 0.717) is 16.7 Å². The number of hydrazine groups is 1. The number of benzene rings is 1. The Morgan fingerprint density at radius 3 is 2.83 bits per heavy atom. The molecule has 0 spiro atoms. The van der Waals surface area contributed by atoms with Gasteiger partial charge in [0.15, 0.2) is 5.11 Å². The summed E-state index contributed by atoms with van der Waals surface area (Å²) in [7, 11) is 0. The van der Waals surface area contributed by atoms with E-state index in [4.69, 9.17) is 28.6 Å². The van der Waals surface area contributed by atoms with Crippen molar-refractivity contribution in [3.05, 3.63) is 28.8 Å². The molecule has 1 fully saturated rings. The number of nitrogens with one attached hydrogen (secondary N) is 3. The first-order chi connectivity index (χ1) is 11.1. The molecule has 1 aromatic rings. The number of carbonyl (C=O) groups excluding carboxylic acids is 1. The van der Waals surface area contributed by atoms with E-state index >= 15 is 0 Å². The van der Waals surface area contributed by atoms with Crippen LogP contribution < -0.4 is 16.2 Å². The van der Waals surface area contributed by atoms with E-state index in [-0.39, 0.29) is 11.3 Å². The Balaban J connectivity index is 1.69. The van der Waals surface area contributed by atoms with Crippen molar-refractivity contribution < 1.29 is 14.6 Å². The van der Waals surface area contributed by atoms with Gasteiger partial charge in [0.05, 0.1) is 18.8 Å². The van der Waals surface area contributed by atoms with Crippen LogP contribution in [0.3, 0.4) is 0 Å². The van der Waals surface area contributed by atoms with Gasteiger partial charge in [-0.05, 0) is 30.4 Å². The minimum Gasteiger partial charge on any atom is -0.507 e. The molecule has 0 aliphatic carbocycles. The maximum absolute atomic E-state index is 11.9. The molecule has 9 heteroatoms. The maximum Gasteiger partial charge on any atom is 0.273 e. The lowest BCUT2D eigenvalue weighted by Crippen LogP contribution is -2.49. The van der Waals surface area contributed by atoms with Crippen LogP contribution in [-0.4, -0.2) is 60.4 Å². The Morgan fingerprint density at radius 1 is 1.35 bits per heavy atom. The van der Waals surface area contributed by atoms with Crippen LogP contribution in [0.5, 0.6) is 5.75 Å². The number of halogens is 1. The molecule has 0 atom stereocenters. The predicted octanol–water partition coefficient (Wildman–Crippen LogP) is 0.487. The molecule has 1 heterocycles. The van der Waals surface area contributed by atoms with Crippen molar-refractivity contribution in [3.63, 3.8) is 0 Å². The lowest BCUT2D eigenvalue weighted by molar-refractivity contribution is 0.0389. The summed E-state index contributed by atoms with van der Waals surface area (Å²) >= 11 is 10.9. The van der Waals surface area contributed by atoms with E-state index in [1.54, 1.807) is 0 Å². The number of nitrogens with zero attached hydrogens (tertiary/aromatic N) is 1. The van der Waals surface area contributed by atoms with Gasteiger partial charge in [-0.2, -0.15) is 0 Å². The average Bonchev–Trinajstić information content (AvgIpc) is 2.56. The summed E-state index contributed by atoms with van der Waals surface area (Å²) in [5.41, 5.74) is 5.07. The number of hydrogen-bond donors (Lipinski definition) is 4. The Bertz CT molecular complexity index is 567. The molecule has 0 saturated carbocycles. The van der Waals surface area contributed by atoms with E-state index in [0.717, 1.165) is 32.8 Å². The standard InChI is InChI=1S/C14H19ClN4O3S/c15-10-1-2-12(20)11(9-10)13(21)17-18-14(23)16-3-4-19-5-7-22-8-6-19/h1-2,9,20H,3-8H2,(H,17,21)(H2,16,18,23). The van der Waals surface area contributed by atoms with Crippen molar-refractivity contribution in [2.24, 2.45) is 0 Å². The lowest BCUT2D eigenvalue weighted by Gasteiger charge is -2.26. The van der Waals surface area contributed by atoms with Crippen LogP contribution >= 0.6 is 23.8 Å². The van der Waals surface area contributed by atoms with E-state index in [1.807, 2.05) is 0 Å². The Kier molecular flexibility index (Phi) is 6.85. The van der Waals surface area contributed by atoms with Gasteiger partial charge in [0.25, 0.3) is 5.91 Å². The number of amides is 1. The van der Waals surface area contributed by atoms with E-state index in [2.05, 4.69) is 21.1 Å². The number of carbonyl (C=O) groups is 1. The first-order valence-electron chi connectivity index (χ1n) is 7.19. The fourth-order valence-corrected chi connectivity index (χ4v) is 2.39. The van der Waals surface area contributed by atoms with Crippen LogP contribution in [0.4, 0.5) is 0 Å². The molecule has 1 amide bonds. The molecule has 23 heavy (non-hydrogen) atoms. The summed E-state index contributed by atoms with van der Waals surface area (Å²) < 4.78 is 5.27. The van der Waals surface area contributed by atoms with Crippen LogP contribution in [0.1, 0.15) is 10.4 Å². The monoisotopic (exact) mass is 358 g/mol.